The molecule has 0 saturated carbocycles. The van der Waals surface area contributed by atoms with Crippen LogP contribution in [-0.4, -0.2) is 4.98 Å². The number of hydrogen-bond donors (Lipinski definition) is 0. The van der Waals surface area contributed by atoms with E-state index in [1.807, 2.05) is 0 Å². The molecule has 0 radical (unpaired) electrons. The van der Waals surface area contributed by atoms with E-state index in [0.717, 1.165) is 4.47 Å². The van der Waals surface area contributed by atoms with Crippen molar-refractivity contribution < 1.29 is 13.2 Å². The third-order valence-electron chi connectivity index (χ3n) is 2.38. The van der Waals surface area contributed by atoms with E-state index >= 15 is 0 Å². The Bertz CT molecular complexity index is 595. The van der Waals surface area contributed by atoms with Crippen LogP contribution in [-0.2, 0) is 6.18 Å². The number of halogens is 5. The van der Waals surface area contributed by atoms with Gasteiger partial charge in [0.2, 0.25) is 0 Å². The summed E-state index contributed by atoms with van der Waals surface area (Å²) in [4.78, 5) is 3.62. The fraction of sp³-hybridized carbons (Fsp3) is 0.182. The maximum absolute atomic E-state index is 12.7. The van der Waals surface area contributed by atoms with Gasteiger partial charge in [-0.3, -0.25) is 0 Å². The van der Waals surface area contributed by atoms with Gasteiger partial charge in [0.05, 0.1) is 10.5 Å². The van der Waals surface area contributed by atoms with E-state index in [4.69, 9.17) is 11.6 Å². The van der Waals surface area contributed by atoms with Gasteiger partial charge in [-0.1, -0.05) is 27.5 Å². The van der Waals surface area contributed by atoms with Crippen LogP contribution < -0.4 is 0 Å². The summed E-state index contributed by atoms with van der Waals surface area (Å²) in [6.07, 6.45) is -4.49. The Morgan fingerprint density at radius 3 is 2.53 bits per heavy atom. The molecule has 0 fully saturated rings. The molecule has 0 aliphatic rings. The van der Waals surface area contributed by atoms with Gasteiger partial charge in [0, 0.05) is 9.86 Å². The molecule has 2 rings (SSSR count). The third-order valence-corrected chi connectivity index (χ3v) is 3.36. The van der Waals surface area contributed by atoms with E-state index in [0.29, 0.717) is 5.39 Å². The molecule has 0 N–H and O–H groups in total. The Balaban J connectivity index is 2.85. The highest BCUT2D eigenvalue weighted by Gasteiger charge is 2.35. The molecule has 2 aromatic rings. The van der Waals surface area contributed by atoms with Gasteiger partial charge in [0.15, 0.2) is 0 Å². The summed E-state index contributed by atoms with van der Waals surface area (Å²) in [5.41, 5.74) is -0.752. The number of benzene rings is 1. The largest absolute Gasteiger partial charge is 0.433 e. The van der Waals surface area contributed by atoms with E-state index in [2.05, 4.69) is 20.9 Å². The maximum Gasteiger partial charge on any atom is 0.433 e. The average Bonchev–Trinajstić information content (AvgIpc) is 2.22. The molecule has 0 atom stereocenters. The summed E-state index contributed by atoms with van der Waals surface area (Å²) in [6.45, 7) is 1.32. The molecule has 0 amide bonds. The number of nitrogens with zero attached hydrogens (tertiary/aromatic N) is 1. The number of hydrogen-bond acceptors (Lipinski definition) is 1. The molecule has 0 aliphatic heterocycles. The van der Waals surface area contributed by atoms with Crippen LogP contribution in [0.15, 0.2) is 22.7 Å². The SMILES string of the molecule is Cc1c(C(F)(F)F)nc2ccc(Br)cc2c1Cl. The van der Waals surface area contributed by atoms with Crippen molar-refractivity contribution in [2.24, 2.45) is 0 Å². The van der Waals surface area contributed by atoms with Gasteiger partial charge in [0.25, 0.3) is 0 Å². The van der Waals surface area contributed by atoms with Crippen LogP contribution in [0.5, 0.6) is 0 Å². The first-order valence-corrected chi connectivity index (χ1v) is 5.80. The van der Waals surface area contributed by atoms with Crippen molar-refractivity contribution in [3.05, 3.63) is 39.0 Å². The van der Waals surface area contributed by atoms with Crippen molar-refractivity contribution in [1.29, 1.82) is 0 Å². The van der Waals surface area contributed by atoms with Crippen molar-refractivity contribution in [2.45, 2.75) is 13.1 Å². The lowest BCUT2D eigenvalue weighted by molar-refractivity contribution is -0.141. The van der Waals surface area contributed by atoms with Crippen LogP contribution in [0.2, 0.25) is 5.02 Å². The molecule has 90 valence electrons. The highest BCUT2D eigenvalue weighted by molar-refractivity contribution is 9.10. The number of fused-ring (bicyclic) bond motifs is 1. The minimum atomic E-state index is -4.49. The lowest BCUT2D eigenvalue weighted by Crippen LogP contribution is -2.11. The van der Waals surface area contributed by atoms with Crippen molar-refractivity contribution in [1.82, 2.24) is 4.98 Å². The predicted octanol–water partition coefficient (Wildman–Crippen LogP) is 4.98. The first kappa shape index (κ1) is 12.6. The van der Waals surface area contributed by atoms with Gasteiger partial charge in [-0.2, -0.15) is 13.2 Å². The minimum Gasteiger partial charge on any atom is -0.243 e. The van der Waals surface area contributed by atoms with Gasteiger partial charge in [-0.25, -0.2) is 4.98 Å². The monoisotopic (exact) mass is 323 g/mol. The molecule has 1 heterocycles. The topological polar surface area (TPSA) is 12.9 Å². The van der Waals surface area contributed by atoms with Crippen LogP contribution in [0.3, 0.4) is 0 Å². The Labute approximate surface area is 109 Å². The lowest BCUT2D eigenvalue weighted by Gasteiger charge is -2.12. The Morgan fingerprint density at radius 1 is 1.29 bits per heavy atom. The van der Waals surface area contributed by atoms with Gasteiger partial charge < -0.3 is 0 Å². The first-order valence-electron chi connectivity index (χ1n) is 4.63. The van der Waals surface area contributed by atoms with Gasteiger partial charge in [-0.15, -0.1) is 0 Å². The zero-order chi connectivity index (χ0) is 12.8. The fourth-order valence-electron chi connectivity index (χ4n) is 1.57. The average molecular weight is 325 g/mol. The summed E-state index contributed by atoms with van der Waals surface area (Å²) >= 11 is 9.19. The fourth-order valence-corrected chi connectivity index (χ4v) is 2.17. The summed E-state index contributed by atoms with van der Waals surface area (Å²) in [6, 6.07) is 4.78. The molecule has 17 heavy (non-hydrogen) atoms. The number of alkyl halides is 3. The molecule has 6 heteroatoms. The molecule has 0 aliphatic carbocycles. The number of pyridine rings is 1. The summed E-state index contributed by atoms with van der Waals surface area (Å²) in [7, 11) is 0. The van der Waals surface area contributed by atoms with E-state index in [-0.39, 0.29) is 16.1 Å². The lowest BCUT2D eigenvalue weighted by atomic mass is 10.1. The molecule has 1 aromatic carbocycles. The third kappa shape index (κ3) is 2.26. The van der Waals surface area contributed by atoms with Crippen LogP contribution in [0.4, 0.5) is 13.2 Å². The number of aromatic nitrogens is 1. The predicted molar refractivity (Wildman–Crippen MR) is 64.2 cm³/mol. The quantitative estimate of drug-likeness (QED) is 0.666. The summed E-state index contributed by atoms with van der Waals surface area (Å²) in [5.74, 6) is 0. The Morgan fingerprint density at radius 2 is 1.94 bits per heavy atom. The smallest absolute Gasteiger partial charge is 0.243 e. The Kier molecular flexibility index (Phi) is 3.08. The Hall–Kier alpha value is -0.810. The molecule has 0 unspecified atom stereocenters. The summed E-state index contributed by atoms with van der Waals surface area (Å²) in [5, 5.41) is 0.593. The molecule has 0 saturated heterocycles. The second-order valence-corrected chi connectivity index (χ2v) is 4.85. The highest BCUT2D eigenvalue weighted by Crippen LogP contribution is 2.37. The van der Waals surface area contributed by atoms with Gasteiger partial charge >= 0.3 is 6.18 Å². The zero-order valence-electron chi connectivity index (χ0n) is 8.57. The van der Waals surface area contributed by atoms with E-state index in [9.17, 15) is 13.2 Å². The highest BCUT2D eigenvalue weighted by atomic mass is 79.9. The molecular formula is C11H6BrClF3N. The maximum atomic E-state index is 12.7. The standard InChI is InChI=1S/C11H6BrClF3N/c1-5-9(13)7-4-6(12)2-3-8(7)17-10(5)11(14,15)16/h2-4H,1H3. The van der Waals surface area contributed by atoms with Gasteiger partial charge in [-0.05, 0) is 30.7 Å². The summed E-state index contributed by atoms with van der Waals surface area (Å²) < 4.78 is 38.9. The molecular weight excluding hydrogens is 318 g/mol. The molecule has 0 bridgehead atoms. The van der Waals surface area contributed by atoms with Crippen LogP contribution >= 0.6 is 27.5 Å². The van der Waals surface area contributed by atoms with Crippen molar-refractivity contribution >= 4 is 38.4 Å². The normalized spacial score (nSPS) is 12.1. The molecule has 0 spiro atoms. The molecule has 1 nitrogen and oxygen atoms in total. The van der Waals surface area contributed by atoms with Crippen LogP contribution in [0, 0.1) is 6.92 Å². The first-order chi connectivity index (χ1) is 7.80. The second-order valence-electron chi connectivity index (χ2n) is 3.56. The zero-order valence-corrected chi connectivity index (χ0v) is 10.9. The van der Waals surface area contributed by atoms with Crippen LogP contribution in [0.25, 0.3) is 10.9 Å². The molecule has 1 aromatic heterocycles. The van der Waals surface area contributed by atoms with Crippen LogP contribution in [0.1, 0.15) is 11.3 Å². The van der Waals surface area contributed by atoms with Crippen molar-refractivity contribution in [2.75, 3.05) is 0 Å². The van der Waals surface area contributed by atoms with Crippen molar-refractivity contribution in [3.63, 3.8) is 0 Å². The minimum absolute atomic E-state index is 0.0511. The van der Waals surface area contributed by atoms with E-state index in [1.54, 1.807) is 12.1 Å². The number of rotatable bonds is 0. The van der Waals surface area contributed by atoms with E-state index in [1.165, 1.54) is 13.0 Å². The van der Waals surface area contributed by atoms with Gasteiger partial charge in [0.1, 0.15) is 5.69 Å². The second kappa shape index (κ2) is 4.14. The van der Waals surface area contributed by atoms with Crippen molar-refractivity contribution in [3.8, 4) is 0 Å². The van der Waals surface area contributed by atoms with E-state index < -0.39 is 11.9 Å².